The summed E-state index contributed by atoms with van der Waals surface area (Å²) in [6.07, 6.45) is 6.66. The Balaban J connectivity index is 0.000000208. The summed E-state index contributed by atoms with van der Waals surface area (Å²) in [4.78, 5) is 24.2. The maximum Gasteiger partial charge on any atom is 0.269 e. The van der Waals surface area contributed by atoms with Crippen molar-refractivity contribution in [2.24, 2.45) is 17.8 Å². The van der Waals surface area contributed by atoms with Gasteiger partial charge in [-0.05, 0) is 141 Å². The first-order valence-corrected chi connectivity index (χ1v) is 19.5. The summed E-state index contributed by atoms with van der Waals surface area (Å²) in [6.45, 7) is 17.1. The van der Waals surface area contributed by atoms with Crippen molar-refractivity contribution in [2.75, 3.05) is 54.8 Å². The van der Waals surface area contributed by atoms with Crippen molar-refractivity contribution in [3.63, 3.8) is 0 Å². The molecule has 0 amide bonds. The van der Waals surface area contributed by atoms with Gasteiger partial charge in [0.15, 0.2) is 0 Å². The molecular formula is C42H63FN6O7. The lowest BCUT2D eigenvalue weighted by Crippen LogP contribution is -2.44. The Labute approximate surface area is 331 Å². The van der Waals surface area contributed by atoms with Crippen molar-refractivity contribution in [1.82, 2.24) is 5.32 Å². The quantitative estimate of drug-likeness (QED) is 0.0916. The number of nitro groups is 2. The van der Waals surface area contributed by atoms with Crippen molar-refractivity contribution in [2.45, 2.75) is 96.9 Å². The highest BCUT2D eigenvalue weighted by atomic mass is 19.1. The van der Waals surface area contributed by atoms with Crippen LogP contribution in [-0.4, -0.2) is 81.2 Å². The summed E-state index contributed by atoms with van der Waals surface area (Å²) >= 11 is 0. The maximum absolute atomic E-state index is 12.1. The highest BCUT2D eigenvalue weighted by Crippen LogP contribution is 2.32. The molecule has 0 bridgehead atoms. The van der Waals surface area contributed by atoms with Gasteiger partial charge >= 0.3 is 0 Å². The number of rotatable bonds is 7. The molecule has 3 aliphatic heterocycles. The smallest absolute Gasteiger partial charge is 0.269 e. The van der Waals surface area contributed by atoms with E-state index >= 15 is 0 Å². The van der Waals surface area contributed by atoms with E-state index in [-0.39, 0.29) is 22.2 Å². The first-order valence-electron chi connectivity index (χ1n) is 19.5. The van der Waals surface area contributed by atoms with Crippen LogP contribution in [0.4, 0.5) is 32.8 Å². The third-order valence-electron chi connectivity index (χ3n) is 10.9. The van der Waals surface area contributed by atoms with Crippen LogP contribution in [0.1, 0.15) is 80.1 Å². The topological polar surface area (TPSA) is 191 Å². The zero-order valence-electron chi connectivity index (χ0n) is 33.9. The fourth-order valence-corrected chi connectivity index (χ4v) is 7.06. The molecule has 0 spiro atoms. The van der Waals surface area contributed by atoms with Crippen LogP contribution >= 0.6 is 0 Å². The third kappa shape index (κ3) is 15.3. The molecule has 3 aliphatic rings. The van der Waals surface area contributed by atoms with E-state index in [0.717, 1.165) is 107 Å². The lowest BCUT2D eigenvalue weighted by molar-refractivity contribution is -0.385. The molecule has 6 rings (SSSR count). The lowest BCUT2D eigenvalue weighted by Gasteiger charge is -2.39. The van der Waals surface area contributed by atoms with Gasteiger partial charge in [0.2, 0.25) is 0 Å². The minimum atomic E-state index is -0.681. The summed E-state index contributed by atoms with van der Waals surface area (Å²) in [7, 11) is 0. The van der Waals surface area contributed by atoms with Crippen LogP contribution in [0.25, 0.3) is 0 Å². The molecular weight excluding hydrogens is 719 g/mol. The lowest BCUT2D eigenvalue weighted by atomic mass is 9.84. The number of nitrogens with one attached hydrogen (secondary N) is 1. The molecule has 3 atom stereocenters. The predicted octanol–water partition coefficient (Wildman–Crippen LogP) is 7.33. The summed E-state index contributed by atoms with van der Waals surface area (Å²) in [5.41, 5.74) is 6.93. The van der Waals surface area contributed by atoms with E-state index in [0.29, 0.717) is 11.8 Å². The van der Waals surface area contributed by atoms with Gasteiger partial charge in [0.1, 0.15) is 5.82 Å². The standard InChI is InChI=1S/C14H20N2O3.C14H22N2O.C8H17NO.C6H4FNO2/c1-14(2,17)11-4-3-9-15(10-11)12-5-7-13(8-6-12)16(18)19;1-14(2,17)11-4-3-9-16(10-11)13-7-5-12(15)6-8-13;1-8(2,10)7-4-3-5-9-6-7;7-5-1-3-6(4-2-5)8(9)10/h5-8,11,17H,3-4,9-10H2,1-2H3;5-8,11,17H,3-4,9-10,15H2,1-2H3;7,9-10H,3-6H2,1-2H3;1-4H. The summed E-state index contributed by atoms with van der Waals surface area (Å²) < 4.78 is 12.1. The molecule has 56 heavy (non-hydrogen) atoms. The average molecular weight is 783 g/mol. The predicted molar refractivity (Wildman–Crippen MR) is 221 cm³/mol. The zero-order valence-corrected chi connectivity index (χ0v) is 33.9. The van der Waals surface area contributed by atoms with Crippen LogP contribution in [0.5, 0.6) is 0 Å². The monoisotopic (exact) mass is 782 g/mol. The number of nitrogens with two attached hydrogens (primary N) is 1. The summed E-state index contributed by atoms with van der Waals surface area (Å²) in [5.74, 6) is 0.553. The molecule has 0 aliphatic carbocycles. The minimum absolute atomic E-state index is 0.0959. The molecule has 14 heteroatoms. The average Bonchev–Trinajstić information content (AvgIpc) is 3.16. The van der Waals surface area contributed by atoms with Crippen LogP contribution in [0.15, 0.2) is 72.8 Å². The van der Waals surface area contributed by atoms with Gasteiger partial charge in [-0.25, -0.2) is 4.39 Å². The largest absolute Gasteiger partial charge is 0.399 e. The molecule has 3 aromatic rings. The van der Waals surface area contributed by atoms with Gasteiger partial charge in [-0.2, -0.15) is 0 Å². The first-order chi connectivity index (χ1) is 26.1. The van der Waals surface area contributed by atoms with E-state index in [1.54, 1.807) is 12.1 Å². The van der Waals surface area contributed by atoms with E-state index in [4.69, 9.17) is 5.73 Å². The van der Waals surface area contributed by atoms with Gasteiger partial charge in [0, 0.05) is 85.9 Å². The van der Waals surface area contributed by atoms with Gasteiger partial charge < -0.3 is 36.2 Å². The first kappa shape index (κ1) is 46.0. The Hall–Kier alpha value is -4.37. The second kappa shape index (κ2) is 20.7. The van der Waals surface area contributed by atoms with Gasteiger partial charge in [-0.3, -0.25) is 20.2 Å². The Kier molecular flexibility index (Phi) is 17.0. The minimum Gasteiger partial charge on any atom is -0.399 e. The van der Waals surface area contributed by atoms with Gasteiger partial charge in [-0.15, -0.1) is 0 Å². The van der Waals surface area contributed by atoms with Gasteiger partial charge in [0.25, 0.3) is 11.4 Å². The van der Waals surface area contributed by atoms with Crippen LogP contribution in [0.3, 0.4) is 0 Å². The molecule has 6 N–H and O–H groups in total. The molecule has 3 aromatic carbocycles. The number of non-ortho nitro benzene ring substituents is 2. The number of hydrogen-bond donors (Lipinski definition) is 5. The number of piperidine rings is 3. The highest BCUT2D eigenvalue weighted by Gasteiger charge is 2.32. The second-order valence-corrected chi connectivity index (χ2v) is 16.7. The van der Waals surface area contributed by atoms with E-state index in [2.05, 4.69) is 27.2 Å². The normalized spacial score (nSPS) is 20.2. The van der Waals surface area contributed by atoms with Gasteiger partial charge in [0.05, 0.1) is 26.6 Å². The second-order valence-electron chi connectivity index (χ2n) is 16.7. The highest BCUT2D eigenvalue weighted by molar-refractivity contribution is 5.53. The van der Waals surface area contributed by atoms with Crippen molar-refractivity contribution < 1.29 is 29.6 Å². The van der Waals surface area contributed by atoms with Crippen LogP contribution in [0, 0.1) is 43.8 Å². The number of nitrogen functional groups attached to an aromatic ring is 1. The maximum atomic E-state index is 12.1. The molecule has 3 saturated heterocycles. The van der Waals surface area contributed by atoms with E-state index < -0.39 is 27.5 Å². The Morgan fingerprint density at radius 3 is 1.36 bits per heavy atom. The summed E-state index contributed by atoms with van der Waals surface area (Å²) in [5, 5.41) is 53.7. The fourth-order valence-electron chi connectivity index (χ4n) is 7.06. The Morgan fingerprint density at radius 1 is 0.643 bits per heavy atom. The SMILES string of the molecule is CC(C)(O)C1CCCN(c2ccc(N)cc2)C1.CC(C)(O)C1CCCN(c2ccc([N+](=O)[O-])cc2)C1.CC(C)(O)C1CCCNC1.O=[N+]([O-])c1ccc(F)cc1. The van der Waals surface area contributed by atoms with Crippen molar-refractivity contribution in [3.8, 4) is 0 Å². The van der Waals surface area contributed by atoms with Crippen molar-refractivity contribution in [3.05, 3.63) is 98.8 Å². The molecule has 13 nitrogen and oxygen atoms in total. The molecule has 0 radical (unpaired) electrons. The number of halogens is 1. The number of benzene rings is 3. The fraction of sp³-hybridized carbons (Fsp3) is 0.571. The number of nitrogens with zero attached hydrogens (tertiary/aromatic N) is 4. The van der Waals surface area contributed by atoms with Crippen molar-refractivity contribution in [1.29, 1.82) is 0 Å². The third-order valence-corrected chi connectivity index (χ3v) is 10.9. The summed E-state index contributed by atoms with van der Waals surface area (Å²) in [6, 6.07) is 19.0. The van der Waals surface area contributed by atoms with Gasteiger partial charge in [-0.1, -0.05) is 0 Å². The Bertz CT molecular complexity index is 1630. The van der Waals surface area contributed by atoms with Crippen LogP contribution in [-0.2, 0) is 0 Å². The number of aliphatic hydroxyl groups is 3. The Morgan fingerprint density at radius 2 is 1.02 bits per heavy atom. The number of anilines is 3. The number of nitro benzene ring substituents is 2. The molecule has 3 fully saturated rings. The molecule has 0 saturated carbocycles. The van der Waals surface area contributed by atoms with E-state index in [9.17, 15) is 39.9 Å². The van der Waals surface area contributed by atoms with Crippen LogP contribution < -0.4 is 20.9 Å². The van der Waals surface area contributed by atoms with Crippen molar-refractivity contribution >= 4 is 28.4 Å². The molecule has 3 unspecified atom stereocenters. The molecule has 3 heterocycles. The zero-order chi connectivity index (χ0) is 41.7. The van der Waals surface area contributed by atoms with E-state index in [1.807, 2.05) is 53.7 Å². The van der Waals surface area contributed by atoms with Crippen LogP contribution in [0.2, 0.25) is 0 Å². The molecule has 0 aromatic heterocycles. The molecule has 310 valence electrons. The van der Waals surface area contributed by atoms with E-state index in [1.165, 1.54) is 24.2 Å². The number of hydrogen-bond acceptors (Lipinski definition) is 11.